The predicted molar refractivity (Wildman–Crippen MR) is 144 cm³/mol. The van der Waals surface area contributed by atoms with E-state index >= 15 is 0 Å². The molecule has 40 heavy (non-hydrogen) atoms. The number of imidazole rings is 2. The number of rotatable bonds is 9. The van der Waals surface area contributed by atoms with Gasteiger partial charge in [0.2, 0.25) is 0 Å². The van der Waals surface area contributed by atoms with E-state index in [4.69, 9.17) is 9.47 Å². The average Bonchev–Trinajstić information content (AvgIpc) is 3.52. The Morgan fingerprint density at radius 1 is 1.10 bits per heavy atom. The summed E-state index contributed by atoms with van der Waals surface area (Å²) in [5, 5.41) is 2.82. The number of nitrogens with one attached hydrogen (secondary N) is 2. The zero-order chi connectivity index (χ0) is 28.4. The Balaban J connectivity index is 1.27. The number of para-hydroxylation sites is 1. The number of aromatic nitrogens is 4. The Morgan fingerprint density at radius 2 is 1.90 bits per heavy atom. The van der Waals surface area contributed by atoms with E-state index < -0.39 is 17.6 Å². The minimum atomic E-state index is -0.737. The van der Waals surface area contributed by atoms with Gasteiger partial charge in [-0.15, -0.1) is 0 Å². The number of aryl methyl sites for hydroxylation is 1. The lowest BCUT2D eigenvalue weighted by atomic mass is 10.1. The predicted octanol–water partition coefficient (Wildman–Crippen LogP) is 4.87. The van der Waals surface area contributed by atoms with Gasteiger partial charge in [0.1, 0.15) is 40.9 Å². The van der Waals surface area contributed by atoms with Gasteiger partial charge in [0, 0.05) is 18.7 Å². The topological polar surface area (TPSA) is 111 Å². The summed E-state index contributed by atoms with van der Waals surface area (Å²) >= 11 is 0. The third-order valence-corrected chi connectivity index (χ3v) is 6.53. The van der Waals surface area contributed by atoms with Crippen molar-refractivity contribution in [2.45, 2.75) is 19.8 Å². The molecule has 0 spiro atoms. The largest absolute Gasteiger partial charge is 0.491 e. The van der Waals surface area contributed by atoms with Gasteiger partial charge in [-0.05, 0) is 50.2 Å². The van der Waals surface area contributed by atoms with Crippen molar-refractivity contribution in [3.63, 3.8) is 0 Å². The van der Waals surface area contributed by atoms with E-state index in [1.165, 1.54) is 6.07 Å². The summed E-state index contributed by atoms with van der Waals surface area (Å²) in [7, 11) is 1.82. The molecule has 1 atom stereocenters. The van der Waals surface area contributed by atoms with Crippen LogP contribution < -0.4 is 10.1 Å². The summed E-state index contributed by atoms with van der Waals surface area (Å²) in [5.74, 6) is -1.09. The normalized spacial score (nSPS) is 12.0. The first-order chi connectivity index (χ1) is 19.3. The number of carbonyl (C=O) groups is 2. The SMILES string of the molecule is CCOC(=O)c1ccccc1OCCNC(=O)c1ccc2nc(C(C)c3nc4c(F)cc(F)cc4[nH]3)n(C)c2c1. The summed E-state index contributed by atoms with van der Waals surface area (Å²) < 4.78 is 40.4. The lowest BCUT2D eigenvalue weighted by Gasteiger charge is -2.11. The Kier molecular flexibility index (Phi) is 7.45. The molecule has 9 nitrogen and oxygen atoms in total. The molecule has 2 aromatic heterocycles. The molecule has 0 aliphatic carbocycles. The van der Waals surface area contributed by atoms with Crippen molar-refractivity contribution in [2.24, 2.45) is 7.05 Å². The molecule has 2 heterocycles. The quantitative estimate of drug-likeness (QED) is 0.201. The molecule has 5 rings (SSSR count). The van der Waals surface area contributed by atoms with Crippen LogP contribution >= 0.6 is 0 Å². The molecule has 0 aliphatic heterocycles. The van der Waals surface area contributed by atoms with Gasteiger partial charge >= 0.3 is 5.97 Å². The summed E-state index contributed by atoms with van der Waals surface area (Å²) in [6.07, 6.45) is 0. The van der Waals surface area contributed by atoms with E-state index in [9.17, 15) is 18.4 Å². The van der Waals surface area contributed by atoms with Crippen molar-refractivity contribution in [2.75, 3.05) is 19.8 Å². The first-order valence-electron chi connectivity index (χ1n) is 12.7. The molecule has 0 radical (unpaired) electrons. The number of nitrogens with zero attached hydrogens (tertiary/aromatic N) is 3. The van der Waals surface area contributed by atoms with Crippen molar-refractivity contribution in [1.82, 2.24) is 24.8 Å². The molecule has 0 saturated carbocycles. The highest BCUT2D eigenvalue weighted by molar-refractivity contribution is 5.97. The van der Waals surface area contributed by atoms with Gasteiger partial charge in [0.25, 0.3) is 5.91 Å². The van der Waals surface area contributed by atoms with E-state index in [2.05, 4.69) is 20.3 Å². The van der Waals surface area contributed by atoms with Gasteiger partial charge < -0.3 is 24.3 Å². The highest BCUT2D eigenvalue weighted by atomic mass is 19.1. The van der Waals surface area contributed by atoms with Crippen LogP contribution in [0.5, 0.6) is 5.75 Å². The second kappa shape index (κ2) is 11.1. The zero-order valence-corrected chi connectivity index (χ0v) is 22.1. The van der Waals surface area contributed by atoms with Crippen molar-refractivity contribution in [3.8, 4) is 5.75 Å². The lowest BCUT2D eigenvalue weighted by Crippen LogP contribution is -2.28. The molecule has 0 bridgehead atoms. The number of fused-ring (bicyclic) bond motifs is 2. The maximum absolute atomic E-state index is 14.2. The van der Waals surface area contributed by atoms with Crippen molar-refractivity contribution in [1.29, 1.82) is 0 Å². The van der Waals surface area contributed by atoms with Gasteiger partial charge in [-0.1, -0.05) is 12.1 Å². The lowest BCUT2D eigenvalue weighted by molar-refractivity contribution is 0.0521. The Bertz CT molecular complexity index is 1730. The third kappa shape index (κ3) is 5.22. The van der Waals surface area contributed by atoms with Gasteiger partial charge in [-0.2, -0.15) is 0 Å². The number of carbonyl (C=O) groups excluding carboxylic acids is 2. The molecule has 3 aromatic carbocycles. The van der Waals surface area contributed by atoms with E-state index in [0.29, 0.717) is 34.0 Å². The maximum Gasteiger partial charge on any atom is 0.341 e. The number of amides is 1. The molecule has 5 aromatic rings. The highest BCUT2D eigenvalue weighted by Crippen LogP contribution is 2.28. The molecule has 1 unspecified atom stereocenters. The van der Waals surface area contributed by atoms with Crippen LogP contribution in [-0.2, 0) is 11.8 Å². The molecule has 206 valence electrons. The number of aromatic amines is 1. The second-order valence-corrected chi connectivity index (χ2v) is 9.18. The Hall–Kier alpha value is -4.80. The highest BCUT2D eigenvalue weighted by Gasteiger charge is 2.22. The van der Waals surface area contributed by atoms with Crippen LogP contribution in [0.2, 0.25) is 0 Å². The first kappa shape index (κ1) is 26.8. The van der Waals surface area contributed by atoms with Crippen LogP contribution in [0.25, 0.3) is 22.1 Å². The summed E-state index contributed by atoms with van der Waals surface area (Å²) in [5.41, 5.74) is 2.49. The number of esters is 1. The van der Waals surface area contributed by atoms with Crippen LogP contribution in [0.3, 0.4) is 0 Å². The molecule has 1 amide bonds. The molecule has 0 fully saturated rings. The standard InChI is InChI=1S/C29H27F2N5O4/c1-4-39-29(38)19-7-5-6-8-24(19)40-12-11-32-28(37)17-9-10-21-23(13-17)36(3)27(34-21)16(2)26-33-22-15-18(30)14-20(31)25(22)35-26/h5-10,13-16H,4,11-12H2,1-3H3,(H,32,37)(H,33,35). The number of H-pyrrole nitrogens is 1. The van der Waals surface area contributed by atoms with E-state index in [0.717, 1.165) is 11.6 Å². The molecule has 2 N–H and O–H groups in total. The number of benzene rings is 3. The van der Waals surface area contributed by atoms with Crippen molar-refractivity contribution in [3.05, 3.63) is 89.0 Å². The fourth-order valence-corrected chi connectivity index (χ4v) is 4.52. The molecular formula is C29H27F2N5O4. The van der Waals surface area contributed by atoms with Crippen LogP contribution in [0.15, 0.2) is 54.6 Å². The fraction of sp³-hybridized carbons (Fsp3) is 0.241. The zero-order valence-electron chi connectivity index (χ0n) is 22.1. The number of ether oxygens (including phenoxy) is 2. The van der Waals surface area contributed by atoms with Gasteiger partial charge in [-0.25, -0.2) is 23.5 Å². The number of hydrogen-bond donors (Lipinski definition) is 2. The Morgan fingerprint density at radius 3 is 2.70 bits per heavy atom. The average molecular weight is 548 g/mol. The van der Waals surface area contributed by atoms with Crippen molar-refractivity contribution < 1.29 is 27.8 Å². The smallest absolute Gasteiger partial charge is 0.341 e. The van der Waals surface area contributed by atoms with Crippen LogP contribution in [-0.4, -0.2) is 51.2 Å². The van der Waals surface area contributed by atoms with E-state index in [1.807, 2.05) is 18.5 Å². The van der Waals surface area contributed by atoms with Crippen molar-refractivity contribution >= 4 is 33.9 Å². The van der Waals surface area contributed by atoms with E-state index in [1.54, 1.807) is 49.4 Å². The van der Waals surface area contributed by atoms with Crippen LogP contribution in [0, 0.1) is 11.6 Å². The molecule has 11 heteroatoms. The summed E-state index contributed by atoms with van der Waals surface area (Å²) in [6.45, 7) is 4.21. The number of halogens is 2. The minimum Gasteiger partial charge on any atom is -0.491 e. The number of hydrogen-bond acceptors (Lipinski definition) is 6. The van der Waals surface area contributed by atoms with Crippen LogP contribution in [0.4, 0.5) is 8.78 Å². The van der Waals surface area contributed by atoms with Gasteiger partial charge in [0.05, 0.1) is 35.6 Å². The Labute approximate surface area is 228 Å². The summed E-state index contributed by atoms with van der Waals surface area (Å²) in [4.78, 5) is 36.9. The minimum absolute atomic E-state index is 0.0642. The third-order valence-electron chi connectivity index (χ3n) is 6.53. The monoisotopic (exact) mass is 547 g/mol. The molecular weight excluding hydrogens is 520 g/mol. The second-order valence-electron chi connectivity index (χ2n) is 9.18. The van der Waals surface area contributed by atoms with E-state index in [-0.39, 0.29) is 42.6 Å². The van der Waals surface area contributed by atoms with Crippen LogP contribution in [0.1, 0.15) is 52.1 Å². The van der Waals surface area contributed by atoms with Gasteiger partial charge in [0.15, 0.2) is 5.82 Å². The fourth-order valence-electron chi connectivity index (χ4n) is 4.52. The summed E-state index contributed by atoms with van der Waals surface area (Å²) in [6, 6.07) is 13.9. The first-order valence-corrected chi connectivity index (χ1v) is 12.7. The maximum atomic E-state index is 14.2. The van der Waals surface area contributed by atoms with Gasteiger partial charge in [-0.3, -0.25) is 4.79 Å². The molecule has 0 saturated heterocycles. The molecule has 0 aliphatic rings.